The summed E-state index contributed by atoms with van der Waals surface area (Å²) in [5, 5.41) is 2.66. The van der Waals surface area contributed by atoms with Crippen LogP contribution in [0.25, 0.3) is 10.2 Å². The van der Waals surface area contributed by atoms with Gasteiger partial charge in [-0.15, -0.1) is 11.3 Å². The first-order chi connectivity index (χ1) is 8.66. The Bertz CT molecular complexity index is 684. The first kappa shape index (κ1) is 12.1. The number of aromatic nitrogens is 2. The summed E-state index contributed by atoms with van der Waals surface area (Å²) >= 11 is 6.82. The highest BCUT2D eigenvalue weighted by molar-refractivity contribution is 7.71. The van der Waals surface area contributed by atoms with Crippen LogP contribution in [0.5, 0.6) is 0 Å². The zero-order valence-corrected chi connectivity index (χ0v) is 11.8. The molecule has 1 N–H and O–H groups in total. The fourth-order valence-electron chi connectivity index (χ4n) is 2.56. The standard InChI is InChI=1S/C12H15N3OS2/c1-14-5-2-3-8(14)7-15-11(16)9-4-6-18-10(9)13-12(15)17/h4,6,8H,2-3,5,7H2,1H3,(H,13,17). The molecule has 96 valence electrons. The van der Waals surface area contributed by atoms with Gasteiger partial charge in [0, 0.05) is 12.6 Å². The molecule has 0 aliphatic carbocycles. The van der Waals surface area contributed by atoms with Crippen LogP contribution >= 0.6 is 23.6 Å². The Morgan fingerprint density at radius 2 is 2.44 bits per heavy atom. The van der Waals surface area contributed by atoms with Crippen molar-refractivity contribution in [3.8, 4) is 0 Å². The van der Waals surface area contributed by atoms with Crippen LogP contribution in [0.1, 0.15) is 12.8 Å². The highest BCUT2D eigenvalue weighted by atomic mass is 32.1. The van der Waals surface area contributed by atoms with Gasteiger partial charge >= 0.3 is 0 Å². The van der Waals surface area contributed by atoms with Crippen LogP contribution in [0.2, 0.25) is 0 Å². The number of thiophene rings is 1. The molecule has 2 aromatic rings. The highest BCUT2D eigenvalue weighted by Gasteiger charge is 2.22. The lowest BCUT2D eigenvalue weighted by atomic mass is 10.2. The third-order valence-corrected chi connectivity index (χ3v) is 4.82. The molecule has 0 bridgehead atoms. The van der Waals surface area contributed by atoms with E-state index in [-0.39, 0.29) is 5.56 Å². The van der Waals surface area contributed by atoms with E-state index in [0.717, 1.165) is 23.2 Å². The summed E-state index contributed by atoms with van der Waals surface area (Å²) in [5.74, 6) is 0. The zero-order chi connectivity index (χ0) is 12.7. The number of nitrogens with zero attached hydrogens (tertiary/aromatic N) is 2. The fraction of sp³-hybridized carbons (Fsp3) is 0.500. The fourth-order valence-corrected chi connectivity index (χ4v) is 3.67. The molecule has 1 saturated heterocycles. The van der Waals surface area contributed by atoms with Crippen LogP contribution in [-0.2, 0) is 6.54 Å². The maximum absolute atomic E-state index is 12.4. The molecule has 2 aromatic heterocycles. The van der Waals surface area contributed by atoms with Gasteiger partial charge in [0.1, 0.15) is 4.83 Å². The zero-order valence-electron chi connectivity index (χ0n) is 10.2. The number of fused-ring (bicyclic) bond motifs is 1. The Balaban J connectivity index is 2.06. The molecule has 4 nitrogen and oxygen atoms in total. The molecule has 6 heteroatoms. The van der Waals surface area contributed by atoms with Gasteiger partial charge in [0.2, 0.25) is 0 Å². The summed E-state index contributed by atoms with van der Waals surface area (Å²) in [6.45, 7) is 1.80. The Morgan fingerprint density at radius 3 is 3.17 bits per heavy atom. The molecule has 1 atom stereocenters. The first-order valence-electron chi connectivity index (χ1n) is 6.07. The van der Waals surface area contributed by atoms with Crippen molar-refractivity contribution in [2.75, 3.05) is 13.6 Å². The molecule has 1 aliphatic heterocycles. The molecule has 1 unspecified atom stereocenters. The van der Waals surface area contributed by atoms with Crippen LogP contribution in [0.15, 0.2) is 16.2 Å². The Hall–Kier alpha value is -0.980. The van der Waals surface area contributed by atoms with Gasteiger partial charge in [-0.2, -0.15) is 0 Å². The number of likely N-dealkylation sites (N-methyl/N-ethyl adjacent to an activating group) is 1. The Morgan fingerprint density at radius 1 is 1.61 bits per heavy atom. The van der Waals surface area contributed by atoms with Gasteiger partial charge in [0.05, 0.1) is 5.39 Å². The van der Waals surface area contributed by atoms with E-state index in [1.165, 1.54) is 17.8 Å². The van der Waals surface area contributed by atoms with Crippen LogP contribution in [-0.4, -0.2) is 34.1 Å². The third-order valence-electron chi connectivity index (χ3n) is 3.67. The lowest BCUT2D eigenvalue weighted by molar-refractivity contribution is 0.278. The minimum absolute atomic E-state index is 0.0373. The summed E-state index contributed by atoms with van der Waals surface area (Å²) in [6, 6.07) is 2.29. The number of H-pyrrole nitrogens is 1. The normalized spacial score (nSPS) is 20.8. The number of hydrogen-bond acceptors (Lipinski definition) is 4. The molecule has 1 aliphatic rings. The summed E-state index contributed by atoms with van der Waals surface area (Å²) in [4.78, 5) is 18.7. The van der Waals surface area contributed by atoms with Crippen LogP contribution in [0, 0.1) is 4.77 Å². The van der Waals surface area contributed by atoms with E-state index in [4.69, 9.17) is 12.2 Å². The summed E-state index contributed by atoms with van der Waals surface area (Å²) in [6.07, 6.45) is 2.34. The minimum atomic E-state index is 0.0373. The summed E-state index contributed by atoms with van der Waals surface area (Å²) < 4.78 is 2.24. The van der Waals surface area contributed by atoms with Crippen molar-refractivity contribution >= 4 is 33.8 Å². The van der Waals surface area contributed by atoms with Gasteiger partial charge in [-0.3, -0.25) is 9.36 Å². The van der Waals surface area contributed by atoms with E-state index in [9.17, 15) is 4.79 Å². The van der Waals surface area contributed by atoms with Crippen LogP contribution in [0.3, 0.4) is 0 Å². The highest BCUT2D eigenvalue weighted by Crippen LogP contribution is 2.18. The average Bonchev–Trinajstić information content (AvgIpc) is 2.94. The molecule has 0 aromatic carbocycles. The second kappa shape index (κ2) is 4.60. The number of nitrogens with one attached hydrogen (secondary N) is 1. The van der Waals surface area contributed by atoms with Gasteiger partial charge in [0.15, 0.2) is 4.77 Å². The molecule has 3 rings (SSSR count). The molecule has 0 amide bonds. The average molecular weight is 281 g/mol. The molecular weight excluding hydrogens is 266 g/mol. The van der Waals surface area contributed by atoms with E-state index in [2.05, 4.69) is 16.9 Å². The molecular formula is C12H15N3OS2. The first-order valence-corrected chi connectivity index (χ1v) is 7.36. The monoisotopic (exact) mass is 281 g/mol. The van der Waals surface area contributed by atoms with E-state index < -0.39 is 0 Å². The molecule has 3 heterocycles. The van der Waals surface area contributed by atoms with Gasteiger partial charge in [-0.1, -0.05) is 0 Å². The Kier molecular flexibility index (Phi) is 3.09. The van der Waals surface area contributed by atoms with Crippen molar-refractivity contribution in [1.82, 2.24) is 14.5 Å². The SMILES string of the molecule is CN1CCCC1Cn1c(=S)[nH]c2sccc2c1=O. The van der Waals surface area contributed by atoms with Crippen molar-refractivity contribution in [2.45, 2.75) is 25.4 Å². The van der Waals surface area contributed by atoms with E-state index in [1.54, 1.807) is 4.57 Å². The molecule has 0 spiro atoms. The summed E-state index contributed by atoms with van der Waals surface area (Å²) in [5.41, 5.74) is 0.0373. The van der Waals surface area contributed by atoms with Crippen molar-refractivity contribution in [1.29, 1.82) is 0 Å². The van der Waals surface area contributed by atoms with E-state index in [0.29, 0.717) is 17.4 Å². The maximum atomic E-state index is 12.4. The van der Waals surface area contributed by atoms with E-state index in [1.807, 2.05) is 11.4 Å². The summed E-state index contributed by atoms with van der Waals surface area (Å²) in [7, 11) is 2.11. The van der Waals surface area contributed by atoms with Crippen molar-refractivity contribution in [2.24, 2.45) is 0 Å². The molecule has 0 saturated carbocycles. The van der Waals surface area contributed by atoms with Crippen molar-refractivity contribution < 1.29 is 0 Å². The maximum Gasteiger partial charge on any atom is 0.263 e. The predicted molar refractivity (Wildman–Crippen MR) is 76.9 cm³/mol. The minimum Gasteiger partial charge on any atom is -0.323 e. The van der Waals surface area contributed by atoms with Gasteiger partial charge < -0.3 is 9.88 Å². The number of aromatic amines is 1. The topological polar surface area (TPSA) is 41.0 Å². The molecule has 0 radical (unpaired) electrons. The quantitative estimate of drug-likeness (QED) is 0.858. The number of hydrogen-bond donors (Lipinski definition) is 1. The lowest BCUT2D eigenvalue weighted by Crippen LogP contribution is -2.34. The predicted octanol–water partition coefficient (Wildman–Crippen LogP) is 2.21. The van der Waals surface area contributed by atoms with Gasteiger partial charge in [-0.25, -0.2) is 0 Å². The Labute approximate surface area is 114 Å². The molecule has 1 fully saturated rings. The lowest BCUT2D eigenvalue weighted by Gasteiger charge is -2.20. The van der Waals surface area contributed by atoms with E-state index >= 15 is 0 Å². The second-order valence-corrected chi connectivity index (χ2v) is 6.09. The number of likely N-dealkylation sites (tertiary alicyclic amines) is 1. The molecule has 18 heavy (non-hydrogen) atoms. The van der Waals surface area contributed by atoms with Crippen molar-refractivity contribution in [3.05, 3.63) is 26.6 Å². The smallest absolute Gasteiger partial charge is 0.263 e. The largest absolute Gasteiger partial charge is 0.323 e. The van der Waals surface area contributed by atoms with Crippen molar-refractivity contribution in [3.63, 3.8) is 0 Å². The third kappa shape index (κ3) is 1.94. The van der Waals surface area contributed by atoms with Crippen LogP contribution < -0.4 is 5.56 Å². The van der Waals surface area contributed by atoms with Crippen LogP contribution in [0.4, 0.5) is 0 Å². The van der Waals surface area contributed by atoms with Gasteiger partial charge in [-0.05, 0) is 50.1 Å². The second-order valence-electron chi connectivity index (χ2n) is 4.79. The number of rotatable bonds is 2. The van der Waals surface area contributed by atoms with Gasteiger partial charge in [0.25, 0.3) is 5.56 Å².